The van der Waals surface area contributed by atoms with Gasteiger partial charge in [-0.3, -0.25) is 48.5 Å². The molecule has 0 heterocycles. The zero-order valence-corrected chi connectivity index (χ0v) is 78.5. The molecule has 2 rings (SSSR count). The number of nitriles is 1. The quantitative estimate of drug-likeness (QED) is 0.00523. The molecule has 2 aromatic rings. The third-order valence-electron chi connectivity index (χ3n) is 16.7. The number of nitrogens with zero attached hydrogens (tertiary/aromatic N) is 2. The number of allylic oxidation sites excluding steroid dienone is 1. The molecule has 0 fully saturated rings. The zero-order chi connectivity index (χ0) is 106. The van der Waals surface area contributed by atoms with E-state index in [1.807, 2.05) is 42.5 Å². The summed E-state index contributed by atoms with van der Waals surface area (Å²) in [6, 6.07) is 18.0. The van der Waals surface area contributed by atoms with Gasteiger partial charge in [-0.05, 0) is 86.3 Å². The van der Waals surface area contributed by atoms with Crippen molar-refractivity contribution in [2.45, 2.75) is 252 Å². The molecule has 0 aliphatic heterocycles. The van der Waals surface area contributed by atoms with Crippen LogP contribution in [0, 0.1) is 49.7 Å². The van der Waals surface area contributed by atoms with Gasteiger partial charge in [0.1, 0.15) is 18.7 Å². The van der Waals surface area contributed by atoms with Crippen LogP contribution < -0.4 is 35.0 Å². The molecule has 1 amide bonds. The Morgan fingerprint density at radius 1 is 0.470 bits per heavy atom. The molecule has 0 radical (unpaired) electrons. The van der Waals surface area contributed by atoms with Crippen molar-refractivity contribution >= 4 is 65.7 Å². The Balaban J connectivity index is -0.000000142. The monoisotopic (exact) mass is 2000 g/mol. The van der Waals surface area contributed by atoms with Crippen molar-refractivity contribution in [1.82, 2.24) is 21.2 Å². The van der Waals surface area contributed by atoms with Gasteiger partial charge in [0.05, 0.1) is 110 Å². The van der Waals surface area contributed by atoms with E-state index in [9.17, 15) is 158 Å². The predicted molar refractivity (Wildman–Crippen MR) is 428 cm³/mol. The van der Waals surface area contributed by atoms with Gasteiger partial charge in [0.25, 0.3) is 0 Å². The maximum Gasteiger partial charge on any atom is 1.00 e. The van der Waals surface area contributed by atoms with Gasteiger partial charge in [-0.1, -0.05) is 130 Å². The average molecular weight is 2000 g/mol. The fourth-order valence-electron chi connectivity index (χ4n) is 7.61. The minimum absolute atomic E-state index is 0. The van der Waals surface area contributed by atoms with Gasteiger partial charge in [-0.2, -0.15) is 111 Å². The summed E-state index contributed by atoms with van der Waals surface area (Å²) >= 11 is 0. The first-order valence-corrected chi connectivity index (χ1v) is 38.5. The molecule has 2 unspecified atom stereocenters. The van der Waals surface area contributed by atoms with Crippen LogP contribution in [0.3, 0.4) is 0 Å². The van der Waals surface area contributed by atoms with Crippen molar-refractivity contribution in [2.24, 2.45) is 38.4 Å². The Morgan fingerprint density at radius 3 is 1.01 bits per heavy atom. The molecule has 28 nitrogen and oxygen atoms in total. The normalized spacial score (nSPS) is 12.1. The Hall–Kier alpha value is -9.12. The minimum Gasteiger partial charge on any atom is -0.870 e. The van der Waals surface area contributed by atoms with Crippen LogP contribution in [0.4, 0.5) is 105 Å². The van der Waals surface area contributed by atoms with Crippen molar-refractivity contribution in [2.75, 3.05) is 68.0 Å². The molecule has 2 atom stereocenters. The summed E-state index contributed by atoms with van der Waals surface area (Å²) in [6.45, 7) is 22.4. The second kappa shape index (κ2) is 68.0. The largest absolute Gasteiger partial charge is 1.00 e. The number of rotatable bonds is 32. The van der Waals surface area contributed by atoms with Crippen LogP contribution in [0.5, 0.6) is 0 Å². The second-order valence-corrected chi connectivity index (χ2v) is 30.2. The smallest absolute Gasteiger partial charge is 0.870 e. The molecule has 0 spiro atoms. The van der Waals surface area contributed by atoms with Gasteiger partial charge in [-0.15, -0.1) is 0 Å². The van der Waals surface area contributed by atoms with Crippen molar-refractivity contribution in [3.05, 3.63) is 82.9 Å². The number of aliphatic carboxylic acids is 2. The first-order chi connectivity index (χ1) is 58.9. The maximum atomic E-state index is 12.9. The first-order valence-electron chi connectivity index (χ1n) is 38.5. The van der Waals surface area contributed by atoms with E-state index < -0.39 is 196 Å². The predicted octanol–water partition coefficient (Wildman–Crippen LogP) is 14.8. The van der Waals surface area contributed by atoms with Crippen molar-refractivity contribution in [3.63, 3.8) is 0 Å². The second-order valence-electron chi connectivity index (χ2n) is 30.2. The van der Waals surface area contributed by atoms with E-state index in [2.05, 4.69) is 54.2 Å². The fourth-order valence-corrected chi connectivity index (χ4v) is 7.61. The number of carboxylic acid groups (broad SMARTS) is 2. The van der Waals surface area contributed by atoms with Crippen LogP contribution in [0.15, 0.2) is 71.8 Å². The maximum absolute atomic E-state index is 12.9. The molecule has 2 aromatic carbocycles. The number of ketones is 1. The summed E-state index contributed by atoms with van der Waals surface area (Å²) < 4.78 is 320. The van der Waals surface area contributed by atoms with E-state index in [0.717, 1.165) is 99.3 Å². The third-order valence-corrected chi connectivity index (χ3v) is 16.7. The summed E-state index contributed by atoms with van der Waals surface area (Å²) in [4.78, 5) is 127. The number of Topliss-reactive ketones (excluding diaryl/α,β-unsaturated/α-hetero) is 1. The van der Waals surface area contributed by atoms with Crippen molar-refractivity contribution in [3.8, 4) is 6.07 Å². The summed E-state index contributed by atoms with van der Waals surface area (Å²) in [5, 5.41) is 32.4. The molecule has 134 heavy (non-hydrogen) atoms. The molecular formula is C81H122F24LiN5O23. The number of amides is 1. The van der Waals surface area contributed by atoms with Gasteiger partial charge in [0.2, 0.25) is 11.7 Å². The van der Waals surface area contributed by atoms with Crippen LogP contribution >= 0.6 is 0 Å². The van der Waals surface area contributed by atoms with E-state index in [0.29, 0.717) is 20.4 Å². The molecule has 0 bridgehead atoms. The molecule has 0 saturated heterocycles. The number of benzene rings is 2. The van der Waals surface area contributed by atoms with Crippen LogP contribution in [0.1, 0.15) is 188 Å². The third kappa shape index (κ3) is 64.8. The number of hydrogen-bond acceptors (Lipinski definition) is 24. The van der Waals surface area contributed by atoms with E-state index in [1.165, 1.54) is 41.9 Å². The molecular weight excluding hydrogens is 1870 g/mol. The number of alkyl halides is 24. The summed E-state index contributed by atoms with van der Waals surface area (Å²) in [5.41, 5.74) is -10.8. The van der Waals surface area contributed by atoms with E-state index >= 15 is 0 Å². The number of carbonyl (C=O) groups excluding carboxylic acids is 9. The number of halogens is 24. The van der Waals surface area contributed by atoms with Crippen molar-refractivity contribution < 1.29 is 236 Å². The van der Waals surface area contributed by atoms with Crippen LogP contribution in [0.25, 0.3) is 0 Å². The van der Waals surface area contributed by atoms with Gasteiger partial charge in [0.15, 0.2) is 11.5 Å². The van der Waals surface area contributed by atoms with E-state index in [-0.39, 0.29) is 95.1 Å². The number of esters is 6. The standard InChI is InChI=1S/C14H17F3N2.C14H18F3NO2.C11H17F3O4.C10H13F3O4.C8H14F3NO2.C7H12O4.C6H9F3O2.C6H9F3O.C3H3F3O.C2H7NO.Li.2H2O/c1-13(2,14(15,16)17)8-12(9-18)19-10-11-6-4-3-5-7-11;1-13(2,14(15,16)17)8-11(12(19)20)18-9-10-6-4-3-5-7-10;1-5-17-8(15)7(9(16)18-6-2)10(3,4)11(12,13)14;1-4-16-8(14)7(9(15)17-5-2)6(3)10(11,12)13;1-7(2,8(9,10)11)5-6(13)12(3)14-4;1-3-10-6(8)5-7(9)11-4-2;1-5(2,3-4(10)11)6(7,8)9;1-5(2,3-4-10)6(7,8)9;1-2(7)3(4,5)6;1-3-4-2;;;/h3-7,12,19H,8,10H2,1-2H3;3-7,11,18H,8-9H2,1-2H3,(H,19,20);7H,5-6H2,1-4H3;4-5H2,1-3H3;5H2,1-4H3;3-5H2,1-2H3;3H2,1-2H3,(H,10,11);4H,3H2,1-2H3;1H3;3H,1-2H3;;2*1H2/q;;;;;;;;;;+1;;/p-1. The van der Waals surface area contributed by atoms with Crippen LogP contribution in [0.2, 0.25) is 0 Å². The number of hydroxylamine groups is 3. The summed E-state index contributed by atoms with van der Waals surface area (Å²) in [6.07, 6.45) is -38.8. The van der Waals surface area contributed by atoms with E-state index in [1.54, 1.807) is 52.3 Å². The van der Waals surface area contributed by atoms with Gasteiger partial charge < -0.3 is 64.5 Å². The number of hydrogen-bond donors (Lipinski definition) is 5. The topological polar surface area (TPSA) is 427 Å². The first kappa shape index (κ1) is 148. The minimum atomic E-state index is -4.78. The van der Waals surface area contributed by atoms with Crippen molar-refractivity contribution in [1.29, 1.82) is 5.26 Å². The number of carbonyl (C=O) groups is 11. The van der Waals surface area contributed by atoms with Gasteiger partial charge in [0, 0.05) is 47.0 Å². The van der Waals surface area contributed by atoms with Crippen LogP contribution in [-0.2, 0) is 104 Å². The Labute approximate surface area is 772 Å². The Bertz CT molecular complexity index is 3700. The summed E-state index contributed by atoms with van der Waals surface area (Å²) in [5.74, 6) is -13.4. The van der Waals surface area contributed by atoms with E-state index in [4.69, 9.17) is 15.5 Å². The number of carboxylic acids is 2. The molecule has 0 aromatic heterocycles. The molecule has 53 heteroatoms. The van der Waals surface area contributed by atoms with Gasteiger partial charge >= 0.3 is 116 Å². The zero-order valence-electron chi connectivity index (χ0n) is 78.5. The summed E-state index contributed by atoms with van der Waals surface area (Å²) in [7, 11) is 5.77. The average Bonchev–Trinajstić information content (AvgIpc) is 0.781. The number of nitrogens with one attached hydrogen (secondary N) is 3. The number of aldehydes is 1. The molecule has 778 valence electrons. The molecule has 0 aliphatic carbocycles. The Morgan fingerprint density at radius 2 is 0.776 bits per heavy atom. The SMILES string of the molecule is CC(=O)C(F)(F)F.CC(C)(CC(=O)O)C(F)(F)F.CC(C)(CC(C#N)NCc1ccccc1)C(F)(F)F.CC(C)(CC(NCc1ccccc1)C(=O)O)C(F)(F)F.CC(C)(CC=O)C(F)(F)F.CCOC(=O)C(C(=O)OCC)=C(C)C(F)(F)F.CCOC(=O)C(C(=O)OCC)C(C)(C)C(F)(F)F.CCOC(=O)CC(=O)OCC.CNOC.CON(C)C(=O)CC(C)(C)C(F)(F)F.O.[Li+].[OH-]. The van der Waals surface area contributed by atoms with Gasteiger partial charge in [-0.25, -0.2) is 20.1 Å². The number of ether oxygens (including phenoxy) is 6. The molecule has 0 aliphatic rings. The Kier molecular flexibility index (Phi) is 75.0. The van der Waals surface area contributed by atoms with Crippen LogP contribution in [-0.4, -0.2) is 221 Å². The molecule has 8 N–H and O–H groups in total. The molecule has 0 saturated carbocycles. The fraction of sp³-hybridized carbons (Fsp3) is 0.679.